The molecule has 2 amide bonds. The maximum absolute atomic E-state index is 12.6. The van der Waals surface area contributed by atoms with Crippen LogP contribution in [0, 0.1) is 10.1 Å². The number of carbonyl (C=O) groups excluding carboxylic acids is 2. The molecule has 1 aliphatic heterocycles. The summed E-state index contributed by atoms with van der Waals surface area (Å²) < 4.78 is 5.75. The number of hydrogen-bond acceptors (Lipinski definition) is 7. The molecule has 0 N–H and O–H groups in total. The summed E-state index contributed by atoms with van der Waals surface area (Å²) in [7, 11) is 0. The summed E-state index contributed by atoms with van der Waals surface area (Å²) in [5.74, 6) is 0.804. The standard InChI is InChI=1S/C19H19N3O5S/c1-3-20(4-2)17-10-9-15(27-17)11-16-18(23)21(19(24)28-16)12-13-5-7-14(8-6-13)22(25)26/h5-11H,3-4,12H2,1-2H3/b16-11-. The second kappa shape index (κ2) is 8.30. The zero-order valence-electron chi connectivity index (χ0n) is 15.5. The molecule has 0 aliphatic carbocycles. The maximum atomic E-state index is 12.6. The first-order chi connectivity index (χ1) is 13.4. The normalized spacial score (nSPS) is 15.5. The topological polar surface area (TPSA) is 96.9 Å². The van der Waals surface area contributed by atoms with Gasteiger partial charge in [-0.05, 0) is 37.2 Å². The van der Waals surface area contributed by atoms with Gasteiger partial charge in [0.2, 0.25) is 0 Å². The molecule has 1 aromatic carbocycles. The Morgan fingerprint density at radius 3 is 2.43 bits per heavy atom. The molecule has 3 rings (SSSR count). The van der Waals surface area contributed by atoms with Gasteiger partial charge in [0.05, 0.1) is 16.4 Å². The zero-order valence-corrected chi connectivity index (χ0v) is 16.3. The second-order valence-corrected chi connectivity index (χ2v) is 7.03. The Hall–Kier alpha value is -3.07. The van der Waals surface area contributed by atoms with Gasteiger partial charge in [-0.15, -0.1) is 0 Å². The molecule has 0 unspecified atom stereocenters. The van der Waals surface area contributed by atoms with Crippen LogP contribution in [0.25, 0.3) is 6.08 Å². The summed E-state index contributed by atoms with van der Waals surface area (Å²) in [6.45, 7) is 5.71. The van der Waals surface area contributed by atoms with Crippen LogP contribution in [-0.2, 0) is 11.3 Å². The number of thioether (sulfide) groups is 1. The number of nitrogens with zero attached hydrogens (tertiary/aromatic N) is 3. The Bertz CT molecular complexity index is 931. The van der Waals surface area contributed by atoms with Crippen LogP contribution in [0.3, 0.4) is 0 Å². The van der Waals surface area contributed by atoms with E-state index in [-0.39, 0.29) is 22.4 Å². The number of anilines is 1. The van der Waals surface area contributed by atoms with Crippen LogP contribution in [0.15, 0.2) is 45.7 Å². The SMILES string of the molecule is CCN(CC)c1ccc(/C=C2\SC(=O)N(Cc3ccc([N+](=O)[O-])cc3)C2=O)o1. The number of benzene rings is 1. The lowest BCUT2D eigenvalue weighted by Gasteiger charge is -2.16. The van der Waals surface area contributed by atoms with Crippen molar-refractivity contribution in [3.8, 4) is 0 Å². The maximum Gasteiger partial charge on any atom is 0.293 e. The average Bonchev–Trinajstić information content (AvgIpc) is 3.24. The van der Waals surface area contributed by atoms with Gasteiger partial charge in [0, 0.05) is 37.4 Å². The minimum Gasteiger partial charge on any atom is -0.441 e. The minimum atomic E-state index is -0.498. The number of hydrogen-bond donors (Lipinski definition) is 0. The monoisotopic (exact) mass is 401 g/mol. The van der Waals surface area contributed by atoms with Crippen LogP contribution < -0.4 is 4.90 Å². The van der Waals surface area contributed by atoms with Gasteiger partial charge >= 0.3 is 0 Å². The summed E-state index contributed by atoms with van der Waals surface area (Å²) in [6, 6.07) is 9.36. The smallest absolute Gasteiger partial charge is 0.293 e. The van der Waals surface area contributed by atoms with Crippen LogP contribution >= 0.6 is 11.8 Å². The molecule has 9 heteroatoms. The number of imide groups is 1. The van der Waals surface area contributed by atoms with E-state index in [9.17, 15) is 19.7 Å². The van der Waals surface area contributed by atoms with Gasteiger partial charge in [0.25, 0.3) is 16.8 Å². The van der Waals surface area contributed by atoms with Crippen molar-refractivity contribution in [2.75, 3.05) is 18.0 Å². The molecule has 0 radical (unpaired) electrons. The molecule has 1 fully saturated rings. The van der Waals surface area contributed by atoms with Crippen molar-refractivity contribution in [1.82, 2.24) is 4.90 Å². The fourth-order valence-corrected chi connectivity index (χ4v) is 3.61. The van der Waals surface area contributed by atoms with Crippen molar-refractivity contribution in [2.45, 2.75) is 20.4 Å². The third-order valence-electron chi connectivity index (χ3n) is 4.32. The lowest BCUT2D eigenvalue weighted by atomic mass is 10.2. The highest BCUT2D eigenvalue weighted by Gasteiger charge is 2.35. The highest BCUT2D eigenvalue weighted by atomic mass is 32.2. The Morgan fingerprint density at radius 1 is 1.14 bits per heavy atom. The Balaban J connectivity index is 1.74. The number of carbonyl (C=O) groups is 2. The third-order valence-corrected chi connectivity index (χ3v) is 5.23. The zero-order chi connectivity index (χ0) is 20.3. The van der Waals surface area contributed by atoms with Crippen LogP contribution in [0.4, 0.5) is 16.4 Å². The number of amides is 2. The van der Waals surface area contributed by atoms with Gasteiger partial charge in [0.15, 0.2) is 5.88 Å². The lowest BCUT2D eigenvalue weighted by Crippen LogP contribution is -2.27. The molecule has 146 valence electrons. The van der Waals surface area contributed by atoms with E-state index in [1.807, 2.05) is 24.8 Å². The summed E-state index contributed by atoms with van der Waals surface area (Å²) in [5, 5.41) is 10.3. The lowest BCUT2D eigenvalue weighted by molar-refractivity contribution is -0.384. The van der Waals surface area contributed by atoms with Crippen molar-refractivity contribution < 1.29 is 18.9 Å². The van der Waals surface area contributed by atoms with E-state index >= 15 is 0 Å². The summed E-state index contributed by atoms with van der Waals surface area (Å²) in [4.78, 5) is 38.5. The van der Waals surface area contributed by atoms with E-state index < -0.39 is 10.8 Å². The highest BCUT2D eigenvalue weighted by Crippen LogP contribution is 2.34. The second-order valence-electron chi connectivity index (χ2n) is 6.04. The van der Waals surface area contributed by atoms with Crippen LogP contribution in [0.2, 0.25) is 0 Å². The third kappa shape index (κ3) is 4.09. The predicted octanol–water partition coefficient (Wildman–Crippen LogP) is 4.27. The van der Waals surface area contributed by atoms with Gasteiger partial charge in [0.1, 0.15) is 5.76 Å². The van der Waals surface area contributed by atoms with Crippen molar-refractivity contribution in [3.63, 3.8) is 0 Å². The van der Waals surface area contributed by atoms with Crippen LogP contribution in [-0.4, -0.2) is 34.1 Å². The first-order valence-corrected chi connectivity index (χ1v) is 9.58. The van der Waals surface area contributed by atoms with Crippen LogP contribution in [0.1, 0.15) is 25.2 Å². The van der Waals surface area contributed by atoms with Gasteiger partial charge < -0.3 is 9.32 Å². The van der Waals surface area contributed by atoms with Gasteiger partial charge in [-0.2, -0.15) is 0 Å². The fourth-order valence-electron chi connectivity index (χ4n) is 2.80. The fraction of sp³-hybridized carbons (Fsp3) is 0.263. The minimum absolute atomic E-state index is 0.0420. The first-order valence-electron chi connectivity index (χ1n) is 8.76. The molecule has 1 aromatic heterocycles. The summed E-state index contributed by atoms with van der Waals surface area (Å²) in [5.41, 5.74) is 0.593. The molecule has 1 saturated heterocycles. The number of rotatable bonds is 7. The largest absolute Gasteiger partial charge is 0.441 e. The van der Waals surface area contributed by atoms with Crippen molar-refractivity contribution in [3.05, 3.63) is 62.7 Å². The summed E-state index contributed by atoms with van der Waals surface area (Å²) >= 11 is 0.850. The molecule has 0 bridgehead atoms. The van der Waals surface area contributed by atoms with Crippen molar-refractivity contribution >= 4 is 40.6 Å². The van der Waals surface area contributed by atoms with Crippen LogP contribution in [0.5, 0.6) is 0 Å². The van der Waals surface area contributed by atoms with E-state index in [0.717, 1.165) is 29.8 Å². The summed E-state index contributed by atoms with van der Waals surface area (Å²) in [6.07, 6.45) is 1.56. The molecule has 1 aliphatic rings. The van der Waals surface area contributed by atoms with Crippen molar-refractivity contribution in [2.24, 2.45) is 0 Å². The van der Waals surface area contributed by atoms with E-state index in [2.05, 4.69) is 0 Å². The molecular formula is C19H19N3O5S. The van der Waals surface area contributed by atoms with Gasteiger partial charge in [-0.3, -0.25) is 24.6 Å². The number of nitro groups is 1. The van der Waals surface area contributed by atoms with E-state index in [1.165, 1.54) is 24.3 Å². The molecule has 28 heavy (non-hydrogen) atoms. The Labute approximate surface area is 165 Å². The Kier molecular flexibility index (Phi) is 5.84. The molecule has 0 atom stereocenters. The highest BCUT2D eigenvalue weighted by molar-refractivity contribution is 8.18. The van der Waals surface area contributed by atoms with E-state index in [1.54, 1.807) is 12.1 Å². The van der Waals surface area contributed by atoms with Crippen molar-refractivity contribution in [1.29, 1.82) is 0 Å². The first kappa shape index (κ1) is 19.7. The number of nitro benzene ring substituents is 1. The molecule has 0 saturated carbocycles. The quantitative estimate of drug-likeness (QED) is 0.388. The Morgan fingerprint density at radius 2 is 1.82 bits per heavy atom. The molecule has 8 nitrogen and oxygen atoms in total. The van der Waals surface area contributed by atoms with Gasteiger partial charge in [-0.25, -0.2) is 0 Å². The predicted molar refractivity (Wildman–Crippen MR) is 107 cm³/mol. The molecule has 0 spiro atoms. The number of non-ortho nitro benzene ring substituents is 1. The van der Waals surface area contributed by atoms with E-state index in [0.29, 0.717) is 17.2 Å². The molecular weight excluding hydrogens is 382 g/mol. The molecule has 2 aromatic rings. The van der Waals surface area contributed by atoms with Gasteiger partial charge in [-0.1, -0.05) is 12.1 Å². The average molecular weight is 401 g/mol. The number of furan rings is 1. The molecule has 2 heterocycles. The van der Waals surface area contributed by atoms with E-state index in [4.69, 9.17) is 4.42 Å².